The third-order valence-corrected chi connectivity index (χ3v) is 3.75. The summed E-state index contributed by atoms with van der Waals surface area (Å²) in [7, 11) is 1.93. The van der Waals surface area contributed by atoms with E-state index < -0.39 is 0 Å². The van der Waals surface area contributed by atoms with E-state index >= 15 is 0 Å². The Bertz CT molecular complexity index is 582. The van der Waals surface area contributed by atoms with Gasteiger partial charge in [0.15, 0.2) is 0 Å². The van der Waals surface area contributed by atoms with Crippen molar-refractivity contribution in [3.8, 4) is 0 Å². The van der Waals surface area contributed by atoms with Crippen LogP contribution in [-0.2, 0) is 20.0 Å². The first-order valence-electron chi connectivity index (χ1n) is 7.67. The van der Waals surface area contributed by atoms with E-state index in [0.29, 0.717) is 5.92 Å². The molecule has 2 rings (SSSR count). The topological polar surface area (TPSA) is 55.9 Å². The Labute approximate surface area is 127 Å². The second kappa shape index (κ2) is 6.66. The number of hydrogen-bond donors (Lipinski definition) is 2. The molecule has 0 spiro atoms. The van der Waals surface area contributed by atoms with Gasteiger partial charge in [-0.3, -0.25) is 4.68 Å². The van der Waals surface area contributed by atoms with Gasteiger partial charge in [-0.2, -0.15) is 5.10 Å². The maximum absolute atomic E-state index is 6.17. The molecular formula is C17H26N4. The van der Waals surface area contributed by atoms with Crippen molar-refractivity contribution in [2.75, 3.05) is 11.1 Å². The van der Waals surface area contributed by atoms with E-state index in [-0.39, 0.29) is 0 Å². The van der Waals surface area contributed by atoms with Crippen LogP contribution in [0.1, 0.15) is 49.9 Å². The van der Waals surface area contributed by atoms with Gasteiger partial charge < -0.3 is 11.1 Å². The minimum absolute atomic E-state index is 0.566. The number of aromatic nitrogens is 2. The molecule has 0 fully saturated rings. The van der Waals surface area contributed by atoms with Crippen LogP contribution < -0.4 is 11.1 Å². The van der Waals surface area contributed by atoms with Crippen molar-refractivity contribution >= 4 is 11.5 Å². The zero-order chi connectivity index (χ0) is 15.4. The zero-order valence-electron chi connectivity index (χ0n) is 13.5. The van der Waals surface area contributed by atoms with Gasteiger partial charge in [-0.25, -0.2) is 0 Å². The van der Waals surface area contributed by atoms with Gasteiger partial charge >= 0.3 is 0 Å². The van der Waals surface area contributed by atoms with Crippen molar-refractivity contribution in [3.05, 3.63) is 41.1 Å². The number of hydrogen-bond acceptors (Lipinski definition) is 3. The van der Waals surface area contributed by atoms with Gasteiger partial charge in [-0.05, 0) is 23.5 Å². The van der Waals surface area contributed by atoms with Gasteiger partial charge in [0.25, 0.3) is 0 Å². The van der Waals surface area contributed by atoms with Crippen LogP contribution in [0, 0.1) is 0 Å². The second-order valence-corrected chi connectivity index (χ2v) is 5.83. The standard InChI is InChI=1S/C17H26N4/c1-5-6-15-16(18)17(21(4)20-15)19-11-13-7-9-14(10-8-13)12(2)3/h7-10,12,19H,5-6,11,18H2,1-4H3. The molecule has 0 bridgehead atoms. The van der Waals surface area contributed by atoms with Crippen LogP contribution >= 0.6 is 0 Å². The Morgan fingerprint density at radius 1 is 1.24 bits per heavy atom. The Morgan fingerprint density at radius 2 is 1.90 bits per heavy atom. The van der Waals surface area contributed by atoms with Gasteiger partial charge in [0, 0.05) is 13.6 Å². The quantitative estimate of drug-likeness (QED) is 0.851. The molecule has 4 nitrogen and oxygen atoms in total. The molecule has 114 valence electrons. The molecule has 0 aliphatic heterocycles. The molecule has 1 aromatic carbocycles. The summed E-state index contributed by atoms with van der Waals surface area (Å²) in [6.07, 6.45) is 1.97. The normalized spacial score (nSPS) is 11.1. The lowest BCUT2D eigenvalue weighted by Gasteiger charge is -2.10. The largest absolute Gasteiger partial charge is 0.394 e. The van der Waals surface area contributed by atoms with Crippen LogP contribution in [0.4, 0.5) is 11.5 Å². The number of nitrogens with zero attached hydrogens (tertiary/aromatic N) is 2. The van der Waals surface area contributed by atoms with Gasteiger partial charge in [0.2, 0.25) is 0 Å². The number of aryl methyl sites for hydroxylation is 2. The van der Waals surface area contributed by atoms with Gasteiger partial charge in [-0.15, -0.1) is 0 Å². The van der Waals surface area contributed by atoms with Gasteiger partial charge in [0.1, 0.15) is 5.82 Å². The maximum Gasteiger partial charge on any atom is 0.148 e. The molecule has 1 heterocycles. The van der Waals surface area contributed by atoms with Gasteiger partial charge in [0.05, 0.1) is 11.4 Å². The lowest BCUT2D eigenvalue weighted by molar-refractivity contribution is 0.735. The molecule has 0 amide bonds. The van der Waals surface area contributed by atoms with Crippen LogP contribution in [0.25, 0.3) is 0 Å². The van der Waals surface area contributed by atoms with E-state index in [9.17, 15) is 0 Å². The van der Waals surface area contributed by atoms with Crippen molar-refractivity contribution < 1.29 is 0 Å². The highest BCUT2D eigenvalue weighted by Gasteiger charge is 2.12. The van der Waals surface area contributed by atoms with Crippen molar-refractivity contribution in [2.45, 2.75) is 46.1 Å². The van der Waals surface area contributed by atoms with Crippen LogP contribution in [0.15, 0.2) is 24.3 Å². The lowest BCUT2D eigenvalue weighted by atomic mass is 10.0. The number of anilines is 2. The van der Waals surface area contributed by atoms with Crippen LogP contribution in [0.3, 0.4) is 0 Å². The van der Waals surface area contributed by atoms with Crippen molar-refractivity contribution in [1.82, 2.24) is 9.78 Å². The zero-order valence-corrected chi connectivity index (χ0v) is 13.5. The third-order valence-electron chi connectivity index (χ3n) is 3.75. The molecule has 0 aliphatic rings. The highest BCUT2D eigenvalue weighted by atomic mass is 15.3. The molecule has 0 saturated heterocycles. The molecule has 21 heavy (non-hydrogen) atoms. The summed E-state index contributed by atoms with van der Waals surface area (Å²) in [4.78, 5) is 0. The molecule has 4 heteroatoms. The number of nitrogens with one attached hydrogen (secondary N) is 1. The minimum atomic E-state index is 0.566. The van der Waals surface area contributed by atoms with E-state index in [0.717, 1.165) is 36.6 Å². The maximum atomic E-state index is 6.17. The molecule has 0 saturated carbocycles. The number of rotatable bonds is 6. The first-order chi connectivity index (χ1) is 10.0. The molecule has 1 aromatic heterocycles. The van der Waals surface area contributed by atoms with E-state index in [4.69, 9.17) is 5.73 Å². The Kier molecular flexibility index (Phi) is 4.89. The molecule has 0 radical (unpaired) electrons. The van der Waals surface area contributed by atoms with Crippen molar-refractivity contribution in [1.29, 1.82) is 0 Å². The van der Waals surface area contributed by atoms with Crippen molar-refractivity contribution in [3.63, 3.8) is 0 Å². The molecule has 0 unspecified atom stereocenters. The molecular weight excluding hydrogens is 260 g/mol. The summed E-state index contributed by atoms with van der Waals surface area (Å²) < 4.78 is 1.84. The highest BCUT2D eigenvalue weighted by molar-refractivity contribution is 5.65. The predicted octanol–water partition coefficient (Wildman–Crippen LogP) is 3.69. The fraction of sp³-hybridized carbons (Fsp3) is 0.471. The smallest absolute Gasteiger partial charge is 0.148 e. The summed E-state index contributed by atoms with van der Waals surface area (Å²) in [5.74, 6) is 1.47. The van der Waals surface area contributed by atoms with Crippen LogP contribution in [0.2, 0.25) is 0 Å². The van der Waals surface area contributed by atoms with Crippen molar-refractivity contribution in [2.24, 2.45) is 7.05 Å². The molecule has 2 aromatic rings. The van der Waals surface area contributed by atoms with Gasteiger partial charge in [-0.1, -0.05) is 51.5 Å². The first kappa shape index (κ1) is 15.4. The van der Waals surface area contributed by atoms with E-state index in [1.807, 2.05) is 11.7 Å². The highest BCUT2D eigenvalue weighted by Crippen LogP contribution is 2.24. The average Bonchev–Trinajstić information content (AvgIpc) is 2.72. The fourth-order valence-electron chi connectivity index (χ4n) is 2.43. The van der Waals surface area contributed by atoms with Crippen LogP contribution in [-0.4, -0.2) is 9.78 Å². The summed E-state index contributed by atoms with van der Waals surface area (Å²) in [6.45, 7) is 7.31. The fourth-order valence-corrected chi connectivity index (χ4v) is 2.43. The lowest BCUT2D eigenvalue weighted by Crippen LogP contribution is -2.06. The molecule has 0 aliphatic carbocycles. The monoisotopic (exact) mass is 286 g/mol. The SMILES string of the molecule is CCCc1nn(C)c(NCc2ccc(C(C)C)cc2)c1N. The molecule has 3 N–H and O–H groups in total. The number of benzene rings is 1. The minimum Gasteiger partial charge on any atom is -0.394 e. The van der Waals surface area contributed by atoms with E-state index in [1.165, 1.54) is 11.1 Å². The molecule has 0 atom stereocenters. The number of nitrogen functional groups attached to an aromatic ring is 1. The third kappa shape index (κ3) is 3.57. The van der Waals surface area contributed by atoms with E-state index in [2.05, 4.69) is 55.5 Å². The summed E-state index contributed by atoms with van der Waals surface area (Å²) in [5, 5.41) is 7.88. The Hall–Kier alpha value is -1.97. The van der Waals surface area contributed by atoms with E-state index in [1.54, 1.807) is 0 Å². The van der Waals surface area contributed by atoms with Crippen LogP contribution in [0.5, 0.6) is 0 Å². The summed E-state index contributed by atoms with van der Waals surface area (Å²) in [5.41, 5.74) is 10.5. The Morgan fingerprint density at radius 3 is 2.48 bits per heavy atom. The average molecular weight is 286 g/mol. The number of nitrogens with two attached hydrogens (primary N) is 1. The predicted molar refractivity (Wildman–Crippen MR) is 89.5 cm³/mol. The summed E-state index contributed by atoms with van der Waals surface area (Å²) >= 11 is 0. The second-order valence-electron chi connectivity index (χ2n) is 5.83. The first-order valence-corrected chi connectivity index (χ1v) is 7.67. The summed E-state index contributed by atoms with van der Waals surface area (Å²) in [6, 6.07) is 8.72. The Balaban J connectivity index is 2.06.